The van der Waals surface area contributed by atoms with Gasteiger partial charge in [-0.2, -0.15) is 0 Å². The zero-order chi connectivity index (χ0) is 14.9. The summed E-state index contributed by atoms with van der Waals surface area (Å²) >= 11 is 3.45. The molecule has 1 N–H and O–H groups in total. The fourth-order valence-electron chi connectivity index (χ4n) is 1.93. The summed E-state index contributed by atoms with van der Waals surface area (Å²) < 4.78 is 11.7. The van der Waals surface area contributed by atoms with E-state index in [9.17, 15) is 0 Å². The average Bonchev–Trinajstić information content (AvgIpc) is 2.52. The lowest BCUT2D eigenvalue weighted by Gasteiger charge is -2.08. The largest absolute Gasteiger partial charge is 0.492 e. The van der Waals surface area contributed by atoms with Crippen LogP contribution in [0.5, 0.6) is 5.75 Å². The summed E-state index contributed by atoms with van der Waals surface area (Å²) in [5.74, 6) is 0.893. The van der Waals surface area contributed by atoms with Crippen LogP contribution >= 0.6 is 15.9 Å². The summed E-state index contributed by atoms with van der Waals surface area (Å²) in [6.45, 7) is 3.05. The first-order chi connectivity index (χ1) is 10.3. The number of methoxy groups -OCH3 is 1. The molecule has 0 amide bonds. The summed E-state index contributed by atoms with van der Waals surface area (Å²) in [5.41, 5.74) is 2.39. The highest BCUT2D eigenvalue weighted by molar-refractivity contribution is 9.10. The first kappa shape index (κ1) is 16.0. The van der Waals surface area contributed by atoms with Gasteiger partial charge in [-0.25, -0.2) is 0 Å². The Balaban J connectivity index is 1.80. The van der Waals surface area contributed by atoms with E-state index < -0.39 is 0 Å². The summed E-state index contributed by atoms with van der Waals surface area (Å²) in [5, 5.41) is 3.24. The molecular weight excluding hydrogens is 330 g/mol. The molecule has 0 aliphatic rings. The van der Waals surface area contributed by atoms with Crippen LogP contribution in [0.25, 0.3) is 11.1 Å². The third kappa shape index (κ3) is 5.50. The molecule has 0 heterocycles. The van der Waals surface area contributed by atoms with Gasteiger partial charge >= 0.3 is 0 Å². The molecule has 0 aromatic heterocycles. The third-order valence-corrected chi connectivity index (χ3v) is 3.59. The van der Waals surface area contributed by atoms with Crippen molar-refractivity contribution in [3.63, 3.8) is 0 Å². The van der Waals surface area contributed by atoms with Crippen molar-refractivity contribution in [2.24, 2.45) is 0 Å². The fraction of sp³-hybridized carbons (Fsp3) is 0.294. The van der Waals surface area contributed by atoms with Gasteiger partial charge in [0, 0.05) is 24.7 Å². The molecule has 0 aliphatic heterocycles. The van der Waals surface area contributed by atoms with Crippen molar-refractivity contribution in [1.82, 2.24) is 5.32 Å². The Labute approximate surface area is 134 Å². The predicted molar refractivity (Wildman–Crippen MR) is 89.8 cm³/mol. The smallest absolute Gasteiger partial charge is 0.119 e. The molecule has 0 atom stereocenters. The summed E-state index contributed by atoms with van der Waals surface area (Å²) in [6, 6.07) is 16.5. The van der Waals surface area contributed by atoms with Crippen LogP contribution < -0.4 is 10.1 Å². The van der Waals surface area contributed by atoms with Crippen LogP contribution in [0.4, 0.5) is 0 Å². The average molecular weight is 350 g/mol. The number of nitrogens with one attached hydrogen (secondary N) is 1. The van der Waals surface area contributed by atoms with Crippen molar-refractivity contribution in [1.29, 1.82) is 0 Å². The maximum atomic E-state index is 5.69. The molecule has 0 saturated carbocycles. The van der Waals surface area contributed by atoms with Crippen LogP contribution in [0.15, 0.2) is 53.0 Å². The van der Waals surface area contributed by atoms with Gasteiger partial charge in [-0.05, 0) is 35.4 Å². The lowest BCUT2D eigenvalue weighted by molar-refractivity contribution is 0.197. The minimum absolute atomic E-state index is 0.654. The number of rotatable bonds is 8. The van der Waals surface area contributed by atoms with E-state index in [2.05, 4.69) is 45.5 Å². The molecule has 3 nitrogen and oxygen atoms in total. The van der Waals surface area contributed by atoms with Crippen LogP contribution in [0.1, 0.15) is 0 Å². The van der Waals surface area contributed by atoms with Gasteiger partial charge in [0.2, 0.25) is 0 Å². The molecule has 0 saturated heterocycles. The quantitative estimate of drug-likeness (QED) is 0.736. The van der Waals surface area contributed by atoms with Gasteiger partial charge in [0.1, 0.15) is 12.4 Å². The maximum absolute atomic E-state index is 5.69. The molecule has 2 aromatic rings. The van der Waals surface area contributed by atoms with E-state index >= 15 is 0 Å². The third-order valence-electron chi connectivity index (χ3n) is 3.06. The Kier molecular flexibility index (Phi) is 6.73. The Bertz CT molecular complexity index is 525. The van der Waals surface area contributed by atoms with E-state index in [4.69, 9.17) is 9.47 Å². The number of benzene rings is 2. The molecule has 0 unspecified atom stereocenters. The van der Waals surface area contributed by atoms with Crippen molar-refractivity contribution in [2.75, 3.05) is 33.4 Å². The molecule has 0 fully saturated rings. The van der Waals surface area contributed by atoms with Gasteiger partial charge in [-0.3, -0.25) is 0 Å². The van der Waals surface area contributed by atoms with Crippen LogP contribution in [0.2, 0.25) is 0 Å². The van der Waals surface area contributed by atoms with Gasteiger partial charge in [-0.1, -0.05) is 40.2 Å². The first-order valence-corrected chi connectivity index (χ1v) is 7.77. The Morgan fingerprint density at radius 2 is 1.43 bits per heavy atom. The van der Waals surface area contributed by atoms with Gasteiger partial charge in [0.25, 0.3) is 0 Å². The van der Waals surface area contributed by atoms with E-state index in [1.165, 1.54) is 11.1 Å². The van der Waals surface area contributed by atoms with E-state index in [1.54, 1.807) is 7.11 Å². The van der Waals surface area contributed by atoms with E-state index in [0.29, 0.717) is 6.61 Å². The van der Waals surface area contributed by atoms with Crippen LogP contribution in [0, 0.1) is 0 Å². The summed E-state index contributed by atoms with van der Waals surface area (Å²) in [7, 11) is 1.70. The van der Waals surface area contributed by atoms with Crippen molar-refractivity contribution >= 4 is 15.9 Å². The molecule has 112 valence electrons. The molecule has 21 heavy (non-hydrogen) atoms. The van der Waals surface area contributed by atoms with E-state index in [0.717, 1.165) is 29.9 Å². The highest BCUT2D eigenvalue weighted by Crippen LogP contribution is 2.23. The maximum Gasteiger partial charge on any atom is 0.119 e. The lowest BCUT2D eigenvalue weighted by atomic mass is 10.1. The minimum atomic E-state index is 0.654. The summed E-state index contributed by atoms with van der Waals surface area (Å²) in [6.07, 6.45) is 0. The lowest BCUT2D eigenvalue weighted by Crippen LogP contribution is -2.24. The Morgan fingerprint density at radius 1 is 0.857 bits per heavy atom. The van der Waals surface area contributed by atoms with E-state index in [-0.39, 0.29) is 0 Å². The molecular formula is C17H20BrNO2. The Hall–Kier alpha value is -1.36. The van der Waals surface area contributed by atoms with Gasteiger partial charge in [-0.15, -0.1) is 0 Å². The number of halogens is 1. The second kappa shape index (κ2) is 8.82. The topological polar surface area (TPSA) is 30.5 Å². The molecule has 0 bridgehead atoms. The SMILES string of the molecule is COCCNCCOc1ccc(-c2ccc(Br)cc2)cc1. The Morgan fingerprint density at radius 3 is 2.05 bits per heavy atom. The zero-order valence-electron chi connectivity index (χ0n) is 12.1. The minimum Gasteiger partial charge on any atom is -0.492 e. The molecule has 4 heteroatoms. The number of ether oxygens (including phenoxy) is 2. The molecule has 2 aromatic carbocycles. The highest BCUT2D eigenvalue weighted by Gasteiger charge is 1.99. The van der Waals surface area contributed by atoms with E-state index in [1.807, 2.05) is 24.3 Å². The molecule has 2 rings (SSSR count). The van der Waals surface area contributed by atoms with Gasteiger partial charge < -0.3 is 14.8 Å². The van der Waals surface area contributed by atoms with Crippen molar-refractivity contribution in [3.05, 3.63) is 53.0 Å². The highest BCUT2D eigenvalue weighted by atomic mass is 79.9. The second-order valence-electron chi connectivity index (χ2n) is 4.62. The standard InChI is InChI=1S/C17H20BrNO2/c1-20-12-10-19-11-13-21-17-8-4-15(5-9-17)14-2-6-16(18)7-3-14/h2-9,19H,10-13H2,1H3. The predicted octanol–water partition coefficient (Wildman–Crippen LogP) is 3.73. The fourth-order valence-corrected chi connectivity index (χ4v) is 2.19. The normalized spacial score (nSPS) is 10.6. The molecule has 0 radical (unpaired) electrons. The van der Waals surface area contributed by atoms with Gasteiger partial charge in [0.05, 0.1) is 6.61 Å². The van der Waals surface area contributed by atoms with Gasteiger partial charge in [0.15, 0.2) is 0 Å². The monoisotopic (exact) mass is 349 g/mol. The van der Waals surface area contributed by atoms with Crippen LogP contribution in [-0.2, 0) is 4.74 Å². The second-order valence-corrected chi connectivity index (χ2v) is 5.54. The van der Waals surface area contributed by atoms with Crippen molar-refractivity contribution in [3.8, 4) is 16.9 Å². The van der Waals surface area contributed by atoms with Crippen LogP contribution in [0.3, 0.4) is 0 Å². The zero-order valence-corrected chi connectivity index (χ0v) is 13.7. The number of hydrogen-bond donors (Lipinski definition) is 1. The molecule has 0 spiro atoms. The molecule has 0 aliphatic carbocycles. The van der Waals surface area contributed by atoms with Crippen molar-refractivity contribution < 1.29 is 9.47 Å². The van der Waals surface area contributed by atoms with Crippen LogP contribution in [-0.4, -0.2) is 33.4 Å². The number of hydrogen-bond acceptors (Lipinski definition) is 3. The first-order valence-electron chi connectivity index (χ1n) is 6.98. The summed E-state index contributed by atoms with van der Waals surface area (Å²) in [4.78, 5) is 0. The van der Waals surface area contributed by atoms with Crippen molar-refractivity contribution in [2.45, 2.75) is 0 Å².